The van der Waals surface area contributed by atoms with Gasteiger partial charge in [-0.2, -0.15) is 0 Å². The number of nitrogens with one attached hydrogen (secondary N) is 1. The van der Waals surface area contributed by atoms with Crippen LogP contribution in [-0.4, -0.2) is 47.1 Å². The van der Waals surface area contributed by atoms with Gasteiger partial charge in [0.1, 0.15) is 18.0 Å². The van der Waals surface area contributed by atoms with Gasteiger partial charge < -0.3 is 10.3 Å². The molecule has 1 aliphatic carbocycles. The molecule has 0 bridgehead atoms. The Bertz CT molecular complexity index is 463. The molecular formula is C15H26N6. The van der Waals surface area contributed by atoms with Crippen LogP contribution in [0.15, 0.2) is 6.33 Å². The van der Waals surface area contributed by atoms with Gasteiger partial charge in [-0.15, -0.1) is 0 Å². The molecule has 6 heteroatoms. The van der Waals surface area contributed by atoms with E-state index in [2.05, 4.69) is 32.1 Å². The Morgan fingerprint density at radius 2 is 1.90 bits per heavy atom. The zero-order valence-electron chi connectivity index (χ0n) is 12.9. The number of anilines is 2. The molecule has 0 amide bonds. The van der Waals surface area contributed by atoms with Crippen LogP contribution in [0.1, 0.15) is 38.2 Å². The van der Waals surface area contributed by atoms with Crippen molar-refractivity contribution in [2.24, 2.45) is 5.84 Å². The normalized spacial score (nSPS) is 21.0. The Kier molecular flexibility index (Phi) is 4.55. The van der Waals surface area contributed by atoms with Crippen molar-refractivity contribution in [3.05, 3.63) is 11.9 Å². The van der Waals surface area contributed by atoms with Crippen LogP contribution < -0.4 is 16.2 Å². The van der Waals surface area contributed by atoms with Gasteiger partial charge in [-0.05, 0) is 19.3 Å². The lowest BCUT2D eigenvalue weighted by Gasteiger charge is -2.39. The fourth-order valence-electron chi connectivity index (χ4n) is 3.69. The molecule has 0 radical (unpaired) electrons. The summed E-state index contributed by atoms with van der Waals surface area (Å²) in [5, 5.41) is 0. The fraction of sp³-hybridized carbons (Fsp3) is 0.733. The minimum atomic E-state index is 0.751. The number of rotatable bonds is 4. The van der Waals surface area contributed by atoms with Crippen molar-refractivity contribution >= 4 is 11.6 Å². The highest BCUT2D eigenvalue weighted by Crippen LogP contribution is 2.27. The highest BCUT2D eigenvalue weighted by molar-refractivity contribution is 5.58. The maximum Gasteiger partial charge on any atom is 0.148 e. The molecule has 3 rings (SSSR count). The summed E-state index contributed by atoms with van der Waals surface area (Å²) in [6, 6.07) is 0.824. The highest BCUT2D eigenvalue weighted by atomic mass is 15.3. The summed E-state index contributed by atoms with van der Waals surface area (Å²) in [4.78, 5) is 13.8. The molecule has 21 heavy (non-hydrogen) atoms. The van der Waals surface area contributed by atoms with Crippen molar-refractivity contribution in [1.82, 2.24) is 14.9 Å². The summed E-state index contributed by atoms with van der Waals surface area (Å²) in [5.41, 5.74) is 3.81. The molecule has 0 atom stereocenters. The van der Waals surface area contributed by atoms with Crippen LogP contribution in [0.4, 0.5) is 11.6 Å². The smallest absolute Gasteiger partial charge is 0.148 e. The molecule has 1 saturated carbocycles. The predicted molar refractivity (Wildman–Crippen MR) is 85.3 cm³/mol. The summed E-state index contributed by atoms with van der Waals surface area (Å²) >= 11 is 0. The van der Waals surface area contributed by atoms with Gasteiger partial charge >= 0.3 is 0 Å². The molecule has 2 fully saturated rings. The van der Waals surface area contributed by atoms with Gasteiger partial charge in [0.2, 0.25) is 0 Å². The van der Waals surface area contributed by atoms with E-state index in [1.165, 1.54) is 25.7 Å². The average molecular weight is 290 g/mol. The SMILES string of the molecule is CCc1c(NN)ncnc1N1CCN(C2CCCC2)CC1. The molecule has 1 aliphatic heterocycles. The average Bonchev–Trinajstić information content (AvgIpc) is 3.08. The van der Waals surface area contributed by atoms with Crippen molar-refractivity contribution in [1.29, 1.82) is 0 Å². The van der Waals surface area contributed by atoms with Crippen molar-refractivity contribution in [3.8, 4) is 0 Å². The largest absolute Gasteiger partial charge is 0.354 e. The van der Waals surface area contributed by atoms with Crippen molar-refractivity contribution in [2.75, 3.05) is 36.5 Å². The number of hydrogen-bond acceptors (Lipinski definition) is 6. The standard InChI is InChI=1S/C15H26N6/c1-2-13-14(19-16)17-11-18-15(13)21-9-7-20(8-10-21)12-5-3-4-6-12/h11-12H,2-10,16H2,1H3,(H,17,18,19). The molecular weight excluding hydrogens is 264 g/mol. The molecule has 2 heterocycles. The van der Waals surface area contributed by atoms with Crippen LogP contribution in [-0.2, 0) is 6.42 Å². The Morgan fingerprint density at radius 1 is 1.19 bits per heavy atom. The first kappa shape index (κ1) is 14.5. The first-order valence-electron chi connectivity index (χ1n) is 8.13. The van der Waals surface area contributed by atoms with Crippen LogP contribution in [0.25, 0.3) is 0 Å². The second-order valence-electron chi connectivity index (χ2n) is 5.98. The maximum atomic E-state index is 5.56. The summed E-state index contributed by atoms with van der Waals surface area (Å²) in [6.07, 6.45) is 8.07. The lowest BCUT2D eigenvalue weighted by atomic mass is 10.1. The number of nitrogens with two attached hydrogens (primary N) is 1. The third kappa shape index (κ3) is 2.96. The van der Waals surface area contributed by atoms with E-state index in [0.29, 0.717) is 0 Å². The number of hydrogen-bond donors (Lipinski definition) is 2. The van der Waals surface area contributed by atoms with Gasteiger partial charge in [0, 0.05) is 37.8 Å². The van der Waals surface area contributed by atoms with Crippen LogP contribution in [0.2, 0.25) is 0 Å². The van der Waals surface area contributed by atoms with E-state index in [0.717, 1.165) is 55.8 Å². The second-order valence-corrected chi connectivity index (χ2v) is 5.98. The van der Waals surface area contributed by atoms with Crippen molar-refractivity contribution < 1.29 is 0 Å². The summed E-state index contributed by atoms with van der Waals surface area (Å²) in [5.74, 6) is 7.36. The van der Waals surface area contributed by atoms with Crippen molar-refractivity contribution in [2.45, 2.75) is 45.1 Å². The Morgan fingerprint density at radius 3 is 2.52 bits per heavy atom. The van der Waals surface area contributed by atoms with E-state index >= 15 is 0 Å². The van der Waals surface area contributed by atoms with E-state index in [-0.39, 0.29) is 0 Å². The van der Waals surface area contributed by atoms with E-state index in [1.807, 2.05) is 0 Å². The molecule has 1 aromatic rings. The minimum absolute atomic E-state index is 0.751. The number of nitrogens with zero attached hydrogens (tertiary/aromatic N) is 4. The quantitative estimate of drug-likeness (QED) is 0.645. The summed E-state index contributed by atoms with van der Waals surface area (Å²) in [6.45, 7) is 6.50. The predicted octanol–water partition coefficient (Wildman–Crippen LogP) is 1.39. The minimum Gasteiger partial charge on any atom is -0.354 e. The third-order valence-electron chi connectivity index (χ3n) is 4.87. The first-order chi connectivity index (χ1) is 10.3. The van der Waals surface area contributed by atoms with Crippen LogP contribution in [0.5, 0.6) is 0 Å². The highest BCUT2D eigenvalue weighted by Gasteiger charge is 2.27. The van der Waals surface area contributed by atoms with Crippen LogP contribution in [0.3, 0.4) is 0 Å². The van der Waals surface area contributed by atoms with E-state index in [1.54, 1.807) is 6.33 Å². The lowest BCUT2D eigenvalue weighted by molar-refractivity contribution is 0.187. The number of hydrazine groups is 1. The molecule has 2 aliphatic rings. The molecule has 1 aromatic heterocycles. The fourth-order valence-corrected chi connectivity index (χ4v) is 3.69. The molecule has 1 saturated heterocycles. The topological polar surface area (TPSA) is 70.3 Å². The summed E-state index contributed by atoms with van der Waals surface area (Å²) < 4.78 is 0. The molecule has 3 N–H and O–H groups in total. The molecule has 0 aromatic carbocycles. The van der Waals surface area contributed by atoms with Gasteiger partial charge in [-0.25, -0.2) is 15.8 Å². The van der Waals surface area contributed by atoms with Crippen LogP contribution in [0, 0.1) is 0 Å². The Balaban J connectivity index is 1.69. The van der Waals surface area contributed by atoms with E-state index < -0.39 is 0 Å². The second kappa shape index (κ2) is 6.58. The van der Waals surface area contributed by atoms with Crippen LogP contribution >= 0.6 is 0 Å². The lowest BCUT2D eigenvalue weighted by Crippen LogP contribution is -2.50. The number of nitrogen functional groups attached to an aromatic ring is 1. The zero-order chi connectivity index (χ0) is 14.7. The van der Waals surface area contributed by atoms with Gasteiger partial charge in [0.05, 0.1) is 0 Å². The molecule has 0 spiro atoms. The third-order valence-corrected chi connectivity index (χ3v) is 4.87. The van der Waals surface area contributed by atoms with Gasteiger partial charge in [-0.1, -0.05) is 19.8 Å². The molecule has 116 valence electrons. The Hall–Kier alpha value is -1.40. The first-order valence-corrected chi connectivity index (χ1v) is 8.13. The maximum absolute atomic E-state index is 5.56. The van der Waals surface area contributed by atoms with E-state index in [9.17, 15) is 0 Å². The van der Waals surface area contributed by atoms with Gasteiger partial charge in [-0.3, -0.25) is 4.90 Å². The zero-order valence-corrected chi connectivity index (χ0v) is 12.9. The summed E-state index contributed by atoms with van der Waals surface area (Å²) in [7, 11) is 0. The van der Waals surface area contributed by atoms with Crippen molar-refractivity contribution in [3.63, 3.8) is 0 Å². The van der Waals surface area contributed by atoms with Gasteiger partial charge in [0.15, 0.2) is 0 Å². The molecule has 0 unspecified atom stereocenters. The van der Waals surface area contributed by atoms with E-state index in [4.69, 9.17) is 5.84 Å². The van der Waals surface area contributed by atoms with Gasteiger partial charge in [0.25, 0.3) is 0 Å². The molecule has 6 nitrogen and oxygen atoms in total. The monoisotopic (exact) mass is 290 g/mol. The Labute approximate surface area is 126 Å². The number of piperazine rings is 1. The number of aromatic nitrogens is 2.